The van der Waals surface area contributed by atoms with Gasteiger partial charge in [0.1, 0.15) is 11.9 Å². The van der Waals surface area contributed by atoms with Crippen LogP contribution >= 0.6 is 0 Å². The molecule has 0 radical (unpaired) electrons. The molecule has 150 valence electrons. The Bertz CT molecular complexity index is 1110. The van der Waals surface area contributed by atoms with Crippen LogP contribution in [0.15, 0.2) is 83.9 Å². The number of nitro groups is 2. The number of non-ortho nitro benzene ring substituents is 2. The summed E-state index contributed by atoms with van der Waals surface area (Å²) in [5, 5.41) is 22.0. The summed E-state index contributed by atoms with van der Waals surface area (Å²) in [5.74, 6) is 0.710. The molecule has 0 fully saturated rings. The van der Waals surface area contributed by atoms with E-state index in [1.165, 1.54) is 24.3 Å². The molecule has 1 heterocycles. The summed E-state index contributed by atoms with van der Waals surface area (Å²) < 4.78 is 0. The lowest BCUT2D eigenvalue weighted by Crippen LogP contribution is -2.28. The van der Waals surface area contributed by atoms with E-state index in [1.54, 1.807) is 24.3 Å². The summed E-state index contributed by atoms with van der Waals surface area (Å²) >= 11 is 0. The van der Waals surface area contributed by atoms with E-state index in [-0.39, 0.29) is 23.5 Å². The van der Waals surface area contributed by atoms with Gasteiger partial charge < -0.3 is 4.90 Å². The van der Waals surface area contributed by atoms with Gasteiger partial charge in [-0.25, -0.2) is 0 Å². The smallest absolute Gasteiger partial charge is 0.269 e. The Balaban J connectivity index is 1.76. The van der Waals surface area contributed by atoms with Gasteiger partial charge in [0.15, 0.2) is 0 Å². The van der Waals surface area contributed by atoms with E-state index in [0.717, 1.165) is 16.7 Å². The van der Waals surface area contributed by atoms with Gasteiger partial charge in [0.2, 0.25) is 0 Å². The molecule has 30 heavy (non-hydrogen) atoms. The SMILES string of the molecule is CN1C(c2ccc([N+](=O)[O-])cc2)=NC(c2ccc([N+](=O)[O-])cc2)C1c1ccccc1. The lowest BCUT2D eigenvalue weighted by atomic mass is 9.94. The number of hydrogen-bond acceptors (Lipinski definition) is 6. The van der Waals surface area contributed by atoms with Crippen LogP contribution in [0, 0.1) is 20.2 Å². The number of amidine groups is 1. The highest BCUT2D eigenvalue weighted by Gasteiger charge is 2.36. The van der Waals surface area contributed by atoms with Gasteiger partial charge in [-0.15, -0.1) is 0 Å². The van der Waals surface area contributed by atoms with Gasteiger partial charge in [0, 0.05) is 36.9 Å². The van der Waals surface area contributed by atoms with Crippen LogP contribution in [0.1, 0.15) is 28.8 Å². The molecule has 0 saturated carbocycles. The monoisotopic (exact) mass is 402 g/mol. The molecular formula is C22H18N4O4. The van der Waals surface area contributed by atoms with Crippen molar-refractivity contribution < 1.29 is 9.85 Å². The van der Waals surface area contributed by atoms with Gasteiger partial charge in [-0.3, -0.25) is 25.2 Å². The minimum atomic E-state index is -0.434. The van der Waals surface area contributed by atoms with Crippen LogP contribution in [0.4, 0.5) is 11.4 Å². The average molecular weight is 402 g/mol. The first-order valence-electron chi connectivity index (χ1n) is 9.30. The minimum absolute atomic E-state index is 0.0199. The lowest BCUT2D eigenvalue weighted by Gasteiger charge is -2.27. The Labute approximate surface area is 172 Å². The molecule has 1 aliphatic heterocycles. The molecule has 8 heteroatoms. The average Bonchev–Trinajstić information content (AvgIpc) is 3.11. The Morgan fingerprint density at radius 3 is 1.83 bits per heavy atom. The Morgan fingerprint density at radius 1 is 0.767 bits per heavy atom. The van der Waals surface area contributed by atoms with Crippen LogP contribution < -0.4 is 0 Å². The zero-order valence-corrected chi connectivity index (χ0v) is 16.1. The number of nitrogens with zero attached hydrogens (tertiary/aromatic N) is 4. The molecule has 2 unspecified atom stereocenters. The topological polar surface area (TPSA) is 102 Å². The van der Waals surface area contributed by atoms with Crippen LogP contribution in [0.25, 0.3) is 0 Å². The van der Waals surface area contributed by atoms with Gasteiger partial charge in [-0.1, -0.05) is 30.3 Å². The van der Waals surface area contributed by atoms with E-state index in [1.807, 2.05) is 42.3 Å². The summed E-state index contributed by atoms with van der Waals surface area (Å²) in [6.07, 6.45) is 0. The summed E-state index contributed by atoms with van der Waals surface area (Å²) in [5.41, 5.74) is 2.74. The molecule has 0 aromatic heterocycles. The zero-order chi connectivity index (χ0) is 21.3. The van der Waals surface area contributed by atoms with Crippen LogP contribution in [-0.2, 0) is 0 Å². The van der Waals surface area contributed by atoms with Crippen molar-refractivity contribution >= 4 is 17.2 Å². The van der Waals surface area contributed by atoms with Crippen molar-refractivity contribution in [1.29, 1.82) is 0 Å². The maximum atomic E-state index is 11.0. The fourth-order valence-electron chi connectivity index (χ4n) is 3.75. The lowest BCUT2D eigenvalue weighted by molar-refractivity contribution is -0.385. The fourth-order valence-corrected chi connectivity index (χ4v) is 3.75. The van der Waals surface area contributed by atoms with E-state index in [9.17, 15) is 20.2 Å². The zero-order valence-electron chi connectivity index (χ0n) is 16.1. The maximum Gasteiger partial charge on any atom is 0.269 e. The number of nitro benzene ring substituents is 2. The van der Waals surface area contributed by atoms with Crippen molar-refractivity contribution in [1.82, 2.24) is 4.90 Å². The van der Waals surface area contributed by atoms with Crippen molar-refractivity contribution in [2.24, 2.45) is 4.99 Å². The molecule has 0 aliphatic carbocycles. The third-order valence-electron chi connectivity index (χ3n) is 5.23. The van der Waals surface area contributed by atoms with Crippen LogP contribution in [0.5, 0.6) is 0 Å². The third kappa shape index (κ3) is 3.50. The van der Waals surface area contributed by atoms with E-state index >= 15 is 0 Å². The van der Waals surface area contributed by atoms with Gasteiger partial charge in [-0.05, 0) is 35.4 Å². The number of likely N-dealkylation sites (N-methyl/N-ethyl adjacent to an activating group) is 1. The highest BCUT2D eigenvalue weighted by molar-refractivity contribution is 6.00. The van der Waals surface area contributed by atoms with E-state index in [4.69, 9.17) is 4.99 Å². The molecule has 3 aromatic rings. The highest BCUT2D eigenvalue weighted by Crippen LogP contribution is 2.42. The molecule has 8 nitrogen and oxygen atoms in total. The van der Waals surface area contributed by atoms with Crippen molar-refractivity contribution in [3.05, 3.63) is 116 Å². The van der Waals surface area contributed by atoms with Crippen molar-refractivity contribution in [3.8, 4) is 0 Å². The van der Waals surface area contributed by atoms with Crippen LogP contribution in [-0.4, -0.2) is 27.6 Å². The van der Waals surface area contributed by atoms with E-state index in [0.29, 0.717) is 5.84 Å². The first kappa shape index (κ1) is 19.3. The molecule has 1 aliphatic rings. The number of aliphatic imine (C=N–C) groups is 1. The molecule has 0 amide bonds. The molecule has 0 N–H and O–H groups in total. The minimum Gasteiger partial charge on any atom is -0.350 e. The van der Waals surface area contributed by atoms with Gasteiger partial charge in [0.25, 0.3) is 11.4 Å². The quantitative estimate of drug-likeness (QED) is 0.455. The first-order chi connectivity index (χ1) is 14.5. The van der Waals surface area contributed by atoms with Crippen molar-refractivity contribution in [2.45, 2.75) is 12.1 Å². The molecule has 3 aromatic carbocycles. The van der Waals surface area contributed by atoms with E-state index < -0.39 is 9.85 Å². The predicted octanol–water partition coefficient (Wildman–Crippen LogP) is 4.68. The normalized spacial score (nSPS) is 18.2. The van der Waals surface area contributed by atoms with Gasteiger partial charge in [0.05, 0.1) is 15.9 Å². The van der Waals surface area contributed by atoms with Gasteiger partial charge >= 0.3 is 0 Å². The summed E-state index contributed by atoms with van der Waals surface area (Å²) in [6, 6.07) is 22.2. The van der Waals surface area contributed by atoms with Crippen LogP contribution in [0.3, 0.4) is 0 Å². The highest BCUT2D eigenvalue weighted by atomic mass is 16.6. The predicted molar refractivity (Wildman–Crippen MR) is 112 cm³/mol. The first-order valence-corrected chi connectivity index (χ1v) is 9.30. The summed E-state index contributed by atoms with van der Waals surface area (Å²) in [7, 11) is 1.93. The molecular weight excluding hydrogens is 384 g/mol. The molecule has 0 spiro atoms. The van der Waals surface area contributed by atoms with Crippen molar-refractivity contribution in [2.75, 3.05) is 7.05 Å². The van der Waals surface area contributed by atoms with Gasteiger partial charge in [-0.2, -0.15) is 0 Å². The van der Waals surface area contributed by atoms with E-state index in [2.05, 4.69) is 0 Å². The Hall–Kier alpha value is -4.07. The second-order valence-corrected chi connectivity index (χ2v) is 7.02. The molecule has 0 saturated heterocycles. The molecule has 2 atom stereocenters. The van der Waals surface area contributed by atoms with Crippen LogP contribution in [0.2, 0.25) is 0 Å². The standard InChI is InChI=1S/C22H18N4O4/c1-24-21(16-5-3-2-4-6-16)20(15-7-11-18(12-8-15)25(27)28)23-22(24)17-9-13-19(14-10-17)26(29)30/h2-14,20-21H,1H3. The summed E-state index contributed by atoms with van der Waals surface area (Å²) in [4.78, 5) is 28.1. The Kier molecular flexibility index (Phi) is 4.97. The molecule has 0 bridgehead atoms. The second-order valence-electron chi connectivity index (χ2n) is 7.02. The second kappa shape index (κ2) is 7.75. The largest absolute Gasteiger partial charge is 0.350 e. The maximum absolute atomic E-state index is 11.0. The molecule has 4 rings (SSSR count). The number of hydrogen-bond donors (Lipinski definition) is 0. The number of rotatable bonds is 5. The summed E-state index contributed by atoms with van der Waals surface area (Å²) in [6.45, 7) is 0. The fraction of sp³-hybridized carbons (Fsp3) is 0.136. The Morgan fingerprint density at radius 2 is 1.30 bits per heavy atom. The number of benzene rings is 3. The third-order valence-corrected chi connectivity index (χ3v) is 5.23. The van der Waals surface area contributed by atoms with Crippen molar-refractivity contribution in [3.63, 3.8) is 0 Å².